The number of halogens is 1. The van der Waals surface area contributed by atoms with Crippen molar-refractivity contribution in [2.24, 2.45) is 11.8 Å². The van der Waals surface area contributed by atoms with Gasteiger partial charge in [0.05, 0.1) is 0 Å². The molecule has 1 fully saturated rings. The molecule has 1 amide bonds. The van der Waals surface area contributed by atoms with Crippen LogP contribution >= 0.6 is 12.4 Å². The van der Waals surface area contributed by atoms with E-state index in [1.54, 1.807) is 0 Å². The summed E-state index contributed by atoms with van der Waals surface area (Å²) in [5.74, 6) is 1.31. The van der Waals surface area contributed by atoms with E-state index in [1.807, 2.05) is 0 Å². The average molecular weight is 263 g/mol. The van der Waals surface area contributed by atoms with Crippen molar-refractivity contribution in [2.45, 2.75) is 52.5 Å². The molecule has 17 heavy (non-hydrogen) atoms. The number of rotatable bonds is 5. The second kappa shape index (κ2) is 8.76. The molecule has 1 heterocycles. The molecular weight excluding hydrogens is 236 g/mol. The Hall–Kier alpha value is -0.280. The van der Waals surface area contributed by atoms with E-state index in [1.165, 1.54) is 0 Å². The molecule has 3 atom stereocenters. The molecule has 2 N–H and O–H groups in total. The molecule has 1 rings (SSSR count). The smallest absolute Gasteiger partial charge is 0.220 e. The molecule has 0 aromatic carbocycles. The quantitative estimate of drug-likeness (QED) is 0.799. The maximum Gasteiger partial charge on any atom is 0.220 e. The van der Waals surface area contributed by atoms with Crippen molar-refractivity contribution in [2.75, 3.05) is 13.1 Å². The van der Waals surface area contributed by atoms with E-state index in [9.17, 15) is 4.79 Å². The van der Waals surface area contributed by atoms with E-state index < -0.39 is 0 Å². The number of amides is 1. The molecule has 1 saturated heterocycles. The van der Waals surface area contributed by atoms with Crippen LogP contribution in [0.3, 0.4) is 0 Å². The summed E-state index contributed by atoms with van der Waals surface area (Å²) < 4.78 is 0. The van der Waals surface area contributed by atoms with E-state index >= 15 is 0 Å². The van der Waals surface area contributed by atoms with Crippen LogP contribution in [0.1, 0.15) is 46.5 Å². The molecule has 102 valence electrons. The van der Waals surface area contributed by atoms with Gasteiger partial charge in [-0.25, -0.2) is 0 Å². The second-order valence-corrected chi connectivity index (χ2v) is 5.24. The summed E-state index contributed by atoms with van der Waals surface area (Å²) >= 11 is 0. The highest BCUT2D eigenvalue weighted by molar-refractivity contribution is 5.85. The summed E-state index contributed by atoms with van der Waals surface area (Å²) in [5.41, 5.74) is 0. The van der Waals surface area contributed by atoms with Crippen LogP contribution in [-0.2, 0) is 4.79 Å². The molecule has 0 aliphatic carbocycles. The minimum Gasteiger partial charge on any atom is -0.353 e. The Morgan fingerprint density at radius 1 is 1.53 bits per heavy atom. The molecule has 3 unspecified atom stereocenters. The lowest BCUT2D eigenvalue weighted by molar-refractivity contribution is -0.123. The fraction of sp³-hybridized carbons (Fsp3) is 0.923. The molecule has 0 bridgehead atoms. The molecular formula is C13H27ClN2O. The summed E-state index contributed by atoms with van der Waals surface area (Å²) in [4.78, 5) is 11.8. The van der Waals surface area contributed by atoms with Gasteiger partial charge in [0, 0.05) is 12.5 Å². The largest absolute Gasteiger partial charge is 0.353 e. The van der Waals surface area contributed by atoms with Crippen LogP contribution in [-0.4, -0.2) is 25.0 Å². The Bertz CT molecular complexity index is 223. The first kappa shape index (κ1) is 16.7. The van der Waals surface area contributed by atoms with Gasteiger partial charge in [-0.3, -0.25) is 4.79 Å². The van der Waals surface area contributed by atoms with E-state index in [-0.39, 0.29) is 18.3 Å². The zero-order valence-electron chi connectivity index (χ0n) is 11.3. The summed E-state index contributed by atoms with van der Waals surface area (Å²) in [6, 6.07) is 0.377. The predicted octanol–water partition coefficient (Wildman–Crippen LogP) is 2.35. The first-order valence-corrected chi connectivity index (χ1v) is 6.63. The van der Waals surface area contributed by atoms with Crippen molar-refractivity contribution in [3.8, 4) is 0 Å². The molecule has 4 heteroatoms. The van der Waals surface area contributed by atoms with E-state index in [4.69, 9.17) is 0 Å². The lowest BCUT2D eigenvalue weighted by Crippen LogP contribution is -2.48. The van der Waals surface area contributed by atoms with Crippen molar-refractivity contribution in [1.82, 2.24) is 10.6 Å². The van der Waals surface area contributed by atoms with Gasteiger partial charge < -0.3 is 10.6 Å². The predicted molar refractivity (Wildman–Crippen MR) is 74.5 cm³/mol. The van der Waals surface area contributed by atoms with Crippen LogP contribution < -0.4 is 10.6 Å². The zero-order chi connectivity index (χ0) is 12.0. The number of hydrogen-bond donors (Lipinski definition) is 2. The summed E-state index contributed by atoms with van der Waals surface area (Å²) in [5, 5.41) is 6.53. The first-order valence-electron chi connectivity index (χ1n) is 6.63. The van der Waals surface area contributed by atoms with E-state index in [0.29, 0.717) is 24.3 Å². The maximum atomic E-state index is 11.8. The fourth-order valence-corrected chi connectivity index (χ4v) is 2.41. The third-order valence-electron chi connectivity index (χ3n) is 3.45. The number of carbonyl (C=O) groups is 1. The lowest BCUT2D eigenvalue weighted by atomic mass is 9.94. The second-order valence-electron chi connectivity index (χ2n) is 5.24. The Balaban J connectivity index is 0.00000256. The van der Waals surface area contributed by atoms with Crippen LogP contribution in [0.5, 0.6) is 0 Å². The van der Waals surface area contributed by atoms with Gasteiger partial charge >= 0.3 is 0 Å². The topological polar surface area (TPSA) is 41.1 Å². The van der Waals surface area contributed by atoms with Gasteiger partial charge in [-0.2, -0.15) is 0 Å². The summed E-state index contributed by atoms with van der Waals surface area (Å²) in [6.45, 7) is 8.58. The molecule has 3 nitrogen and oxygen atoms in total. The van der Waals surface area contributed by atoms with Gasteiger partial charge in [-0.15, -0.1) is 12.4 Å². The third kappa shape index (κ3) is 6.27. The van der Waals surface area contributed by atoms with Crippen LogP contribution in [0.25, 0.3) is 0 Å². The zero-order valence-corrected chi connectivity index (χ0v) is 12.1. The summed E-state index contributed by atoms with van der Waals surface area (Å²) in [7, 11) is 0. The SMILES string of the molecule is CCCC(C)CC(=O)NC1CCNCC1C.Cl. The number of hydrogen-bond acceptors (Lipinski definition) is 2. The molecule has 0 radical (unpaired) electrons. The number of piperidine rings is 1. The van der Waals surface area contributed by atoms with Gasteiger partial charge in [0.2, 0.25) is 5.91 Å². The summed E-state index contributed by atoms with van der Waals surface area (Å²) in [6.07, 6.45) is 4.06. The van der Waals surface area contributed by atoms with Crippen LogP contribution in [0.4, 0.5) is 0 Å². The third-order valence-corrected chi connectivity index (χ3v) is 3.45. The highest BCUT2D eigenvalue weighted by Gasteiger charge is 2.22. The van der Waals surface area contributed by atoms with Gasteiger partial charge in [0.25, 0.3) is 0 Å². The van der Waals surface area contributed by atoms with Gasteiger partial charge in [0.15, 0.2) is 0 Å². The van der Waals surface area contributed by atoms with Crippen molar-refractivity contribution < 1.29 is 4.79 Å². The van der Waals surface area contributed by atoms with Crippen molar-refractivity contribution in [3.05, 3.63) is 0 Å². The molecule has 0 aromatic heterocycles. The van der Waals surface area contributed by atoms with Crippen molar-refractivity contribution in [1.29, 1.82) is 0 Å². The fourth-order valence-electron chi connectivity index (χ4n) is 2.41. The van der Waals surface area contributed by atoms with E-state index in [0.717, 1.165) is 32.4 Å². The van der Waals surface area contributed by atoms with Gasteiger partial charge in [0.1, 0.15) is 0 Å². The standard InChI is InChI=1S/C13H26N2O.ClH/c1-4-5-10(2)8-13(16)15-12-6-7-14-9-11(12)3;/h10-12,14H,4-9H2,1-3H3,(H,15,16);1H. The highest BCUT2D eigenvalue weighted by Crippen LogP contribution is 2.13. The molecule has 0 aromatic rings. The Morgan fingerprint density at radius 3 is 2.82 bits per heavy atom. The lowest BCUT2D eigenvalue weighted by Gasteiger charge is -2.30. The Kier molecular flexibility index (Phi) is 8.61. The maximum absolute atomic E-state index is 11.8. The Labute approximate surface area is 112 Å². The average Bonchev–Trinajstić information content (AvgIpc) is 2.21. The highest BCUT2D eigenvalue weighted by atomic mass is 35.5. The molecule has 0 spiro atoms. The van der Waals surface area contributed by atoms with Gasteiger partial charge in [-0.05, 0) is 31.3 Å². The minimum atomic E-state index is 0. The van der Waals surface area contributed by atoms with Crippen LogP contribution in [0.15, 0.2) is 0 Å². The van der Waals surface area contributed by atoms with Crippen molar-refractivity contribution >= 4 is 18.3 Å². The van der Waals surface area contributed by atoms with Crippen LogP contribution in [0.2, 0.25) is 0 Å². The van der Waals surface area contributed by atoms with E-state index in [2.05, 4.69) is 31.4 Å². The number of carbonyl (C=O) groups excluding carboxylic acids is 1. The monoisotopic (exact) mass is 262 g/mol. The van der Waals surface area contributed by atoms with Crippen LogP contribution in [0, 0.1) is 11.8 Å². The molecule has 1 aliphatic heterocycles. The normalized spacial score (nSPS) is 25.8. The molecule has 1 aliphatic rings. The van der Waals surface area contributed by atoms with Crippen molar-refractivity contribution in [3.63, 3.8) is 0 Å². The number of nitrogens with one attached hydrogen (secondary N) is 2. The first-order chi connectivity index (χ1) is 7.63. The molecule has 0 saturated carbocycles. The van der Waals surface area contributed by atoms with Gasteiger partial charge in [-0.1, -0.05) is 33.6 Å². The minimum absolute atomic E-state index is 0. The Morgan fingerprint density at radius 2 is 2.24 bits per heavy atom.